The molecule has 8 heteroatoms. The number of esters is 1. The molecule has 1 saturated heterocycles. The number of fused-ring (bicyclic) bond motifs is 1. The molecule has 43 heavy (non-hydrogen) atoms. The number of hydrogen-bond acceptors (Lipinski definition) is 6. The third kappa shape index (κ3) is 5.32. The van der Waals surface area contributed by atoms with Crippen LogP contribution in [0.2, 0.25) is 0 Å². The molecule has 1 aromatic carbocycles. The van der Waals surface area contributed by atoms with Crippen molar-refractivity contribution < 1.29 is 18.7 Å². The summed E-state index contributed by atoms with van der Waals surface area (Å²) in [5.74, 6) is -0.428. The Kier molecular flexibility index (Phi) is 8.16. The van der Waals surface area contributed by atoms with E-state index in [9.17, 15) is 9.59 Å². The number of carbonyl (C=O) groups excluding carboxylic acids is 2. The number of halogens is 1. The SMILES string of the molecule is C=C(/C=C1/N=C(C(=O)N2CC3(C)CCCC3(C)C2C)C=C(CC)N1C)c1ccc(-c2ccc(C(=O)OCC)cn2)cc1F. The number of ether oxygens (including phenoxy) is 1. The van der Waals surface area contributed by atoms with Gasteiger partial charge < -0.3 is 14.5 Å². The van der Waals surface area contributed by atoms with E-state index in [1.54, 1.807) is 37.3 Å². The number of amides is 1. The Morgan fingerprint density at radius 1 is 1.19 bits per heavy atom. The van der Waals surface area contributed by atoms with Gasteiger partial charge in [0.05, 0.1) is 17.9 Å². The molecule has 1 aromatic heterocycles. The number of nitrogens with zero attached hydrogens (tertiary/aromatic N) is 4. The van der Waals surface area contributed by atoms with Crippen LogP contribution in [0.1, 0.15) is 76.2 Å². The average Bonchev–Trinajstić information content (AvgIpc) is 3.40. The highest BCUT2D eigenvalue weighted by Gasteiger charge is 2.60. The number of pyridine rings is 1. The Labute approximate surface area is 253 Å². The Morgan fingerprint density at radius 3 is 2.58 bits per heavy atom. The summed E-state index contributed by atoms with van der Waals surface area (Å²) in [4.78, 5) is 38.8. The summed E-state index contributed by atoms with van der Waals surface area (Å²) in [6.45, 7) is 15.7. The predicted molar refractivity (Wildman–Crippen MR) is 168 cm³/mol. The van der Waals surface area contributed by atoms with E-state index in [1.807, 2.05) is 29.8 Å². The smallest absolute Gasteiger partial charge is 0.339 e. The fourth-order valence-corrected chi connectivity index (χ4v) is 6.94. The maximum Gasteiger partial charge on any atom is 0.339 e. The van der Waals surface area contributed by atoms with E-state index in [-0.39, 0.29) is 29.4 Å². The number of likely N-dealkylation sites (tertiary alicyclic amines) is 1. The van der Waals surface area contributed by atoms with Crippen molar-refractivity contribution >= 4 is 23.2 Å². The van der Waals surface area contributed by atoms with Gasteiger partial charge in [-0.25, -0.2) is 14.2 Å². The maximum atomic E-state index is 15.4. The van der Waals surface area contributed by atoms with Gasteiger partial charge in [-0.3, -0.25) is 9.78 Å². The van der Waals surface area contributed by atoms with Crippen molar-refractivity contribution in [2.24, 2.45) is 15.8 Å². The molecule has 3 heterocycles. The van der Waals surface area contributed by atoms with Crippen LogP contribution in [-0.4, -0.2) is 58.6 Å². The summed E-state index contributed by atoms with van der Waals surface area (Å²) in [6, 6.07) is 8.22. The van der Waals surface area contributed by atoms with Crippen molar-refractivity contribution in [2.75, 3.05) is 20.2 Å². The highest BCUT2D eigenvalue weighted by Crippen LogP contribution is 2.60. The summed E-state index contributed by atoms with van der Waals surface area (Å²) in [6.07, 6.45) is 9.21. The lowest BCUT2D eigenvalue weighted by Crippen LogP contribution is -2.43. The molecule has 3 unspecified atom stereocenters. The van der Waals surface area contributed by atoms with Crippen LogP contribution in [0.15, 0.2) is 71.8 Å². The first kappa shape index (κ1) is 30.4. The molecule has 0 radical (unpaired) electrons. The molecule has 1 saturated carbocycles. The van der Waals surface area contributed by atoms with Gasteiger partial charge in [0.2, 0.25) is 0 Å². The van der Waals surface area contributed by atoms with Gasteiger partial charge in [-0.15, -0.1) is 0 Å². The number of carbonyl (C=O) groups is 2. The van der Waals surface area contributed by atoms with Crippen molar-refractivity contribution in [2.45, 2.75) is 66.3 Å². The van der Waals surface area contributed by atoms with Crippen molar-refractivity contribution in [3.8, 4) is 11.3 Å². The van der Waals surface area contributed by atoms with Crippen LogP contribution in [-0.2, 0) is 9.53 Å². The molecule has 226 valence electrons. The zero-order chi connectivity index (χ0) is 31.1. The van der Waals surface area contributed by atoms with Crippen LogP contribution in [0, 0.1) is 16.6 Å². The van der Waals surface area contributed by atoms with Gasteiger partial charge in [-0.1, -0.05) is 45.9 Å². The lowest BCUT2D eigenvalue weighted by molar-refractivity contribution is -0.125. The summed E-state index contributed by atoms with van der Waals surface area (Å²) in [7, 11) is 1.90. The van der Waals surface area contributed by atoms with E-state index in [1.165, 1.54) is 18.7 Å². The zero-order valence-corrected chi connectivity index (χ0v) is 26.0. The minimum absolute atomic E-state index is 0.0584. The number of allylic oxidation sites excluding steroid dienone is 3. The Balaban J connectivity index is 1.39. The molecule has 1 amide bonds. The third-order valence-electron chi connectivity index (χ3n) is 10.1. The van der Waals surface area contributed by atoms with Crippen LogP contribution in [0.5, 0.6) is 0 Å². The van der Waals surface area contributed by atoms with E-state index in [0.29, 0.717) is 45.9 Å². The van der Waals surface area contributed by atoms with Crippen LogP contribution in [0.4, 0.5) is 4.39 Å². The lowest BCUT2D eigenvalue weighted by atomic mass is 9.68. The van der Waals surface area contributed by atoms with E-state index in [2.05, 4.69) is 32.3 Å². The van der Waals surface area contributed by atoms with Crippen molar-refractivity contribution in [1.29, 1.82) is 0 Å². The largest absolute Gasteiger partial charge is 0.462 e. The second kappa shape index (κ2) is 11.5. The monoisotopic (exact) mass is 584 g/mol. The molecule has 3 atom stereocenters. The van der Waals surface area contributed by atoms with Crippen LogP contribution in [0.3, 0.4) is 0 Å². The van der Waals surface area contributed by atoms with Gasteiger partial charge in [-0.2, -0.15) is 0 Å². The maximum absolute atomic E-state index is 15.4. The quantitative estimate of drug-likeness (QED) is 0.327. The molecule has 2 fully saturated rings. The normalized spacial score (nSPS) is 25.8. The lowest BCUT2D eigenvalue weighted by Gasteiger charge is -2.36. The topological polar surface area (TPSA) is 75.1 Å². The summed E-state index contributed by atoms with van der Waals surface area (Å²) >= 11 is 0. The highest BCUT2D eigenvalue weighted by atomic mass is 19.1. The summed E-state index contributed by atoms with van der Waals surface area (Å²) in [5, 5.41) is 0. The van der Waals surface area contributed by atoms with Gasteiger partial charge >= 0.3 is 5.97 Å². The van der Waals surface area contributed by atoms with E-state index in [0.717, 1.165) is 25.1 Å². The Bertz CT molecular complexity index is 1560. The average molecular weight is 585 g/mol. The molecule has 2 aliphatic heterocycles. The van der Waals surface area contributed by atoms with Gasteiger partial charge in [-0.05, 0) is 79.9 Å². The van der Waals surface area contributed by atoms with Gasteiger partial charge in [0.25, 0.3) is 5.91 Å². The molecule has 0 bridgehead atoms. The number of benzene rings is 1. The molecule has 7 nitrogen and oxygen atoms in total. The fraction of sp³-hybridized carbons (Fsp3) is 0.429. The van der Waals surface area contributed by atoms with Crippen LogP contribution in [0.25, 0.3) is 16.8 Å². The fourth-order valence-electron chi connectivity index (χ4n) is 6.94. The minimum Gasteiger partial charge on any atom is -0.462 e. The molecule has 3 aliphatic rings. The van der Waals surface area contributed by atoms with Crippen molar-refractivity contribution in [3.05, 3.63) is 83.7 Å². The minimum atomic E-state index is -0.459. The van der Waals surface area contributed by atoms with Crippen LogP contribution >= 0.6 is 0 Å². The first-order valence-corrected chi connectivity index (χ1v) is 15.1. The molecular formula is C35H41FN4O3. The molecule has 5 rings (SSSR count). The first-order valence-electron chi connectivity index (χ1n) is 15.1. The van der Waals surface area contributed by atoms with Crippen LogP contribution < -0.4 is 0 Å². The summed E-state index contributed by atoms with van der Waals surface area (Å²) < 4.78 is 20.4. The van der Waals surface area contributed by atoms with Gasteiger partial charge in [0, 0.05) is 42.7 Å². The Morgan fingerprint density at radius 2 is 1.95 bits per heavy atom. The number of aliphatic imine (C=N–C) groups is 1. The second-order valence-corrected chi connectivity index (χ2v) is 12.4. The molecular weight excluding hydrogens is 543 g/mol. The number of rotatable bonds is 7. The van der Waals surface area contributed by atoms with E-state index in [4.69, 9.17) is 9.73 Å². The highest BCUT2D eigenvalue weighted by molar-refractivity contribution is 6.44. The van der Waals surface area contributed by atoms with E-state index >= 15 is 4.39 Å². The van der Waals surface area contributed by atoms with E-state index < -0.39 is 11.8 Å². The second-order valence-electron chi connectivity index (χ2n) is 12.4. The zero-order valence-electron chi connectivity index (χ0n) is 26.0. The first-order chi connectivity index (χ1) is 20.4. The number of aromatic nitrogens is 1. The molecule has 1 aliphatic carbocycles. The van der Waals surface area contributed by atoms with Crippen molar-refractivity contribution in [3.63, 3.8) is 0 Å². The third-order valence-corrected chi connectivity index (χ3v) is 10.1. The summed E-state index contributed by atoms with van der Waals surface area (Å²) in [5.41, 5.74) is 3.77. The predicted octanol–water partition coefficient (Wildman–Crippen LogP) is 7.03. The molecule has 2 aromatic rings. The van der Waals surface area contributed by atoms with Gasteiger partial charge in [0.1, 0.15) is 17.3 Å². The standard InChI is InChI=1S/C35H41FN4O3/c1-8-26-19-30(32(41)40-21-34(5)15-10-16-35(34,6)23(40)4)38-31(39(26)7)17-22(3)27-13-11-24(18-28(27)36)29-14-12-25(20-37-29)33(42)43-9-2/h11-14,17-20,23H,3,8-10,15-16,21H2,1-2,4-7H3/b31-17-. The molecule has 0 spiro atoms. The molecule has 0 N–H and O–H groups in total. The van der Waals surface area contributed by atoms with Gasteiger partial charge in [0.15, 0.2) is 0 Å². The van der Waals surface area contributed by atoms with Crippen molar-refractivity contribution in [1.82, 2.24) is 14.8 Å². The Hall–Kier alpha value is -4.07. The number of hydrogen-bond donors (Lipinski definition) is 0.